The van der Waals surface area contributed by atoms with E-state index in [1.165, 1.54) is 0 Å². The molecule has 0 aliphatic rings. The zero-order chi connectivity index (χ0) is 15.6. The Bertz CT molecular complexity index is 696. The van der Waals surface area contributed by atoms with Crippen LogP contribution in [0.2, 0.25) is 5.02 Å². The molecule has 1 unspecified atom stereocenters. The summed E-state index contributed by atoms with van der Waals surface area (Å²) in [6, 6.07) is 2.48. The fourth-order valence-corrected chi connectivity index (χ4v) is 2.28. The number of carboxylic acid groups (broad SMARTS) is 1. The van der Waals surface area contributed by atoms with E-state index in [-0.39, 0.29) is 0 Å². The number of amides is 1. The average molecular weight is 310 g/mol. The number of aryl methyl sites for hydroxylation is 1. The molecular weight excluding hydrogens is 294 g/mol. The van der Waals surface area contributed by atoms with Gasteiger partial charge in [-0.15, -0.1) is 0 Å². The van der Waals surface area contributed by atoms with Crippen LogP contribution >= 0.6 is 11.6 Å². The normalized spacial score (nSPS) is 12.3. The fraction of sp³-hybridized carbons (Fsp3) is 0.357. The molecule has 0 radical (unpaired) electrons. The van der Waals surface area contributed by atoms with Crippen LogP contribution in [0.3, 0.4) is 0 Å². The first-order valence-corrected chi connectivity index (χ1v) is 7.05. The number of aliphatic carboxylic acids is 1. The minimum atomic E-state index is -1.06. The standard InChI is InChI=1S/C14H16ClN3O3/c1-3-9-12(13(19)17-10(4-2)14(20)21)18-7-8(15)5-6-11(18)16-9/h5-7,10H,3-4H2,1-2H3,(H,17,19)(H,20,21). The number of rotatable bonds is 5. The van der Waals surface area contributed by atoms with Gasteiger partial charge in [-0.25, -0.2) is 9.78 Å². The molecule has 6 nitrogen and oxygen atoms in total. The van der Waals surface area contributed by atoms with Gasteiger partial charge in [0.2, 0.25) is 0 Å². The third kappa shape index (κ3) is 3.00. The van der Waals surface area contributed by atoms with Gasteiger partial charge in [0.05, 0.1) is 10.7 Å². The molecule has 21 heavy (non-hydrogen) atoms. The van der Waals surface area contributed by atoms with Crippen molar-refractivity contribution in [2.24, 2.45) is 0 Å². The molecule has 2 heterocycles. The third-order valence-corrected chi connectivity index (χ3v) is 3.44. The number of nitrogens with zero attached hydrogens (tertiary/aromatic N) is 2. The second kappa shape index (κ2) is 6.13. The van der Waals surface area contributed by atoms with Crippen molar-refractivity contribution in [2.75, 3.05) is 0 Å². The van der Waals surface area contributed by atoms with Gasteiger partial charge in [0, 0.05) is 6.20 Å². The van der Waals surface area contributed by atoms with Gasteiger partial charge in [0.25, 0.3) is 5.91 Å². The lowest BCUT2D eigenvalue weighted by atomic mass is 10.2. The van der Waals surface area contributed by atoms with Gasteiger partial charge >= 0.3 is 5.97 Å². The summed E-state index contributed by atoms with van der Waals surface area (Å²) in [5.41, 5.74) is 1.54. The third-order valence-electron chi connectivity index (χ3n) is 3.22. The maximum Gasteiger partial charge on any atom is 0.326 e. The van der Waals surface area contributed by atoms with E-state index in [2.05, 4.69) is 10.3 Å². The Morgan fingerprint density at radius 3 is 2.71 bits per heavy atom. The Labute approximate surface area is 126 Å². The Morgan fingerprint density at radius 2 is 2.14 bits per heavy atom. The van der Waals surface area contributed by atoms with Crippen molar-refractivity contribution in [1.82, 2.24) is 14.7 Å². The van der Waals surface area contributed by atoms with Crippen LogP contribution in [0.25, 0.3) is 5.65 Å². The van der Waals surface area contributed by atoms with E-state index in [4.69, 9.17) is 16.7 Å². The zero-order valence-electron chi connectivity index (χ0n) is 11.8. The molecule has 0 saturated carbocycles. The van der Waals surface area contributed by atoms with Crippen molar-refractivity contribution in [2.45, 2.75) is 32.7 Å². The molecule has 2 aromatic heterocycles. The summed E-state index contributed by atoms with van der Waals surface area (Å²) in [4.78, 5) is 27.8. The summed E-state index contributed by atoms with van der Waals surface area (Å²) in [7, 11) is 0. The van der Waals surface area contributed by atoms with Gasteiger partial charge in [-0.05, 0) is 25.0 Å². The first-order valence-electron chi connectivity index (χ1n) is 6.68. The molecule has 1 atom stereocenters. The highest BCUT2D eigenvalue weighted by molar-refractivity contribution is 6.30. The number of carbonyl (C=O) groups excluding carboxylic acids is 1. The van der Waals surface area contributed by atoms with Crippen molar-refractivity contribution in [3.63, 3.8) is 0 Å². The fourth-order valence-electron chi connectivity index (χ4n) is 2.12. The van der Waals surface area contributed by atoms with Crippen molar-refractivity contribution in [3.8, 4) is 0 Å². The summed E-state index contributed by atoms with van der Waals surface area (Å²) in [6.45, 7) is 3.58. The molecule has 0 fully saturated rings. The molecule has 7 heteroatoms. The van der Waals surface area contributed by atoms with Gasteiger partial charge in [0.15, 0.2) is 0 Å². The smallest absolute Gasteiger partial charge is 0.326 e. The number of carboxylic acids is 1. The number of pyridine rings is 1. The number of carbonyl (C=O) groups is 2. The zero-order valence-corrected chi connectivity index (χ0v) is 12.5. The molecule has 112 valence electrons. The number of hydrogen-bond acceptors (Lipinski definition) is 3. The van der Waals surface area contributed by atoms with E-state index >= 15 is 0 Å². The molecule has 1 amide bonds. The predicted octanol–water partition coefficient (Wildman–Crippen LogP) is 2.14. The summed E-state index contributed by atoms with van der Waals surface area (Å²) < 4.78 is 1.59. The molecule has 0 saturated heterocycles. The van der Waals surface area contributed by atoms with Crippen LogP contribution in [0, 0.1) is 0 Å². The number of imidazole rings is 1. The monoisotopic (exact) mass is 309 g/mol. The molecule has 0 aromatic carbocycles. The Morgan fingerprint density at radius 1 is 1.43 bits per heavy atom. The number of nitrogens with one attached hydrogen (secondary N) is 1. The first-order chi connectivity index (χ1) is 9.97. The highest BCUT2D eigenvalue weighted by Gasteiger charge is 2.23. The summed E-state index contributed by atoms with van der Waals surface area (Å²) in [5.74, 6) is -1.52. The number of fused-ring (bicyclic) bond motifs is 1. The summed E-state index contributed by atoms with van der Waals surface area (Å²) >= 11 is 5.96. The molecule has 0 spiro atoms. The Hall–Kier alpha value is -2.08. The van der Waals surface area contributed by atoms with E-state index in [9.17, 15) is 9.59 Å². The second-order valence-corrected chi connectivity index (χ2v) is 5.05. The van der Waals surface area contributed by atoms with Crippen LogP contribution in [-0.4, -0.2) is 32.4 Å². The molecule has 2 N–H and O–H groups in total. The van der Waals surface area contributed by atoms with Crippen LogP contribution in [0.15, 0.2) is 18.3 Å². The Kier molecular flexibility index (Phi) is 4.47. The number of hydrogen-bond donors (Lipinski definition) is 2. The highest BCUT2D eigenvalue weighted by atomic mass is 35.5. The molecule has 0 aliphatic heterocycles. The van der Waals surface area contributed by atoms with Crippen LogP contribution in [0.1, 0.15) is 36.5 Å². The van der Waals surface area contributed by atoms with E-state index in [0.717, 1.165) is 0 Å². The van der Waals surface area contributed by atoms with Crippen LogP contribution < -0.4 is 5.32 Å². The van der Waals surface area contributed by atoms with E-state index in [1.54, 1.807) is 29.7 Å². The molecule has 0 bridgehead atoms. The van der Waals surface area contributed by atoms with E-state index in [1.807, 2.05) is 6.92 Å². The van der Waals surface area contributed by atoms with Gasteiger partial charge in [0.1, 0.15) is 17.4 Å². The quantitative estimate of drug-likeness (QED) is 0.886. The molecule has 2 rings (SSSR count). The lowest BCUT2D eigenvalue weighted by Crippen LogP contribution is -2.41. The average Bonchev–Trinajstić information content (AvgIpc) is 2.81. The van der Waals surface area contributed by atoms with Gasteiger partial charge in [-0.3, -0.25) is 9.20 Å². The van der Waals surface area contributed by atoms with Gasteiger partial charge in [-0.1, -0.05) is 25.4 Å². The van der Waals surface area contributed by atoms with Crippen molar-refractivity contribution < 1.29 is 14.7 Å². The lowest BCUT2D eigenvalue weighted by molar-refractivity contribution is -0.139. The minimum absolute atomic E-state index is 0.306. The van der Waals surface area contributed by atoms with E-state index < -0.39 is 17.9 Å². The largest absolute Gasteiger partial charge is 0.480 e. The lowest BCUT2D eigenvalue weighted by Gasteiger charge is -2.12. The molecule has 0 aliphatic carbocycles. The predicted molar refractivity (Wildman–Crippen MR) is 78.8 cm³/mol. The van der Waals surface area contributed by atoms with Crippen molar-refractivity contribution in [1.29, 1.82) is 0 Å². The SMILES string of the molecule is CCc1nc2ccc(Cl)cn2c1C(=O)NC(CC)C(=O)O. The van der Waals surface area contributed by atoms with Crippen molar-refractivity contribution >= 4 is 29.1 Å². The maximum absolute atomic E-state index is 12.4. The first kappa shape index (κ1) is 15.3. The Balaban J connectivity index is 2.46. The van der Waals surface area contributed by atoms with Crippen LogP contribution in [-0.2, 0) is 11.2 Å². The summed E-state index contributed by atoms with van der Waals surface area (Å²) in [6.07, 6.45) is 2.46. The second-order valence-electron chi connectivity index (χ2n) is 4.61. The maximum atomic E-state index is 12.4. The van der Waals surface area contributed by atoms with Gasteiger partial charge < -0.3 is 10.4 Å². The van der Waals surface area contributed by atoms with Crippen LogP contribution in [0.5, 0.6) is 0 Å². The minimum Gasteiger partial charge on any atom is -0.480 e. The topological polar surface area (TPSA) is 83.7 Å². The summed E-state index contributed by atoms with van der Waals surface area (Å²) in [5, 5.41) is 12.0. The van der Waals surface area contributed by atoms with Crippen LogP contribution in [0.4, 0.5) is 0 Å². The number of halogens is 1. The van der Waals surface area contributed by atoms with Crippen molar-refractivity contribution in [3.05, 3.63) is 34.7 Å². The number of aromatic nitrogens is 2. The molecular formula is C14H16ClN3O3. The molecule has 2 aromatic rings. The van der Waals surface area contributed by atoms with Gasteiger partial charge in [-0.2, -0.15) is 0 Å². The highest BCUT2D eigenvalue weighted by Crippen LogP contribution is 2.17. The van der Waals surface area contributed by atoms with E-state index in [0.29, 0.717) is 34.9 Å².